The fourth-order valence-electron chi connectivity index (χ4n) is 2.59. The molecule has 0 spiro atoms. The van der Waals surface area contributed by atoms with Crippen LogP contribution in [0.3, 0.4) is 0 Å². The maximum absolute atomic E-state index is 12.1. The van der Waals surface area contributed by atoms with Crippen LogP contribution in [0.2, 0.25) is 0 Å². The SMILES string of the molecule is CN(C(=S)Nc1ccc(OC(F)(F)F)cc1)C1CCCCC1. The molecule has 0 radical (unpaired) electrons. The van der Waals surface area contributed by atoms with E-state index in [-0.39, 0.29) is 5.75 Å². The summed E-state index contributed by atoms with van der Waals surface area (Å²) in [5, 5.41) is 3.63. The van der Waals surface area contributed by atoms with Crippen molar-refractivity contribution in [3.05, 3.63) is 24.3 Å². The number of anilines is 1. The third-order valence-electron chi connectivity index (χ3n) is 3.78. The summed E-state index contributed by atoms with van der Waals surface area (Å²) < 4.78 is 40.1. The highest BCUT2D eigenvalue weighted by molar-refractivity contribution is 7.80. The molecule has 0 amide bonds. The molecule has 0 aromatic heterocycles. The monoisotopic (exact) mass is 332 g/mol. The summed E-state index contributed by atoms with van der Waals surface area (Å²) >= 11 is 5.36. The van der Waals surface area contributed by atoms with Gasteiger partial charge in [-0.3, -0.25) is 0 Å². The van der Waals surface area contributed by atoms with Gasteiger partial charge in [0.25, 0.3) is 0 Å². The number of nitrogens with one attached hydrogen (secondary N) is 1. The minimum Gasteiger partial charge on any atom is -0.406 e. The summed E-state index contributed by atoms with van der Waals surface area (Å²) in [6, 6.07) is 5.99. The molecule has 0 atom stereocenters. The summed E-state index contributed by atoms with van der Waals surface area (Å²) in [6.45, 7) is 0. The van der Waals surface area contributed by atoms with Crippen LogP contribution >= 0.6 is 12.2 Å². The fraction of sp³-hybridized carbons (Fsp3) is 0.533. The van der Waals surface area contributed by atoms with E-state index in [4.69, 9.17) is 12.2 Å². The van der Waals surface area contributed by atoms with Crippen molar-refractivity contribution in [2.24, 2.45) is 0 Å². The first-order chi connectivity index (χ1) is 10.3. The van der Waals surface area contributed by atoms with E-state index in [9.17, 15) is 13.2 Å². The van der Waals surface area contributed by atoms with Crippen LogP contribution in [-0.2, 0) is 0 Å². The minimum absolute atomic E-state index is 0.246. The van der Waals surface area contributed by atoms with E-state index in [2.05, 4.69) is 10.1 Å². The van der Waals surface area contributed by atoms with Crippen LogP contribution in [-0.4, -0.2) is 29.5 Å². The topological polar surface area (TPSA) is 24.5 Å². The molecule has 22 heavy (non-hydrogen) atoms. The first-order valence-corrected chi connectivity index (χ1v) is 7.65. The van der Waals surface area contributed by atoms with Gasteiger partial charge >= 0.3 is 6.36 Å². The molecule has 1 saturated carbocycles. The Bertz CT molecular complexity index is 499. The van der Waals surface area contributed by atoms with Gasteiger partial charge in [0, 0.05) is 18.8 Å². The van der Waals surface area contributed by atoms with Gasteiger partial charge < -0.3 is 15.0 Å². The second-order valence-electron chi connectivity index (χ2n) is 5.41. The molecular formula is C15H19F3N2OS. The Hall–Kier alpha value is -1.50. The molecule has 122 valence electrons. The van der Waals surface area contributed by atoms with Crippen molar-refractivity contribution in [1.29, 1.82) is 0 Å². The zero-order chi connectivity index (χ0) is 16.2. The predicted molar refractivity (Wildman–Crippen MR) is 84.0 cm³/mol. The number of hydrogen-bond acceptors (Lipinski definition) is 2. The van der Waals surface area contributed by atoms with Crippen LogP contribution in [0.4, 0.5) is 18.9 Å². The standard InChI is InChI=1S/C15H19F3N2OS/c1-20(12-5-3-2-4-6-12)14(22)19-11-7-9-13(10-8-11)21-15(16,17)18/h7-10,12H,2-6H2,1H3,(H,19,22). The molecule has 2 rings (SSSR count). The molecule has 1 fully saturated rings. The van der Waals surface area contributed by atoms with Crippen LogP contribution in [0.5, 0.6) is 5.75 Å². The van der Waals surface area contributed by atoms with E-state index >= 15 is 0 Å². The highest BCUT2D eigenvalue weighted by atomic mass is 32.1. The van der Waals surface area contributed by atoms with Crippen LogP contribution in [0.1, 0.15) is 32.1 Å². The normalized spacial score (nSPS) is 16.2. The largest absolute Gasteiger partial charge is 0.573 e. The Morgan fingerprint density at radius 1 is 1.18 bits per heavy atom. The summed E-state index contributed by atoms with van der Waals surface area (Å²) in [5.74, 6) is -0.246. The average Bonchev–Trinajstić information content (AvgIpc) is 2.48. The Kier molecular flexibility index (Phi) is 5.50. The Balaban J connectivity index is 1.91. The summed E-state index contributed by atoms with van der Waals surface area (Å²) in [6.07, 6.45) is 1.26. The molecule has 0 aliphatic heterocycles. The number of thiocarbonyl (C=S) groups is 1. The molecule has 1 aromatic rings. The molecule has 7 heteroatoms. The number of benzene rings is 1. The summed E-state index contributed by atoms with van der Waals surface area (Å²) in [4.78, 5) is 2.04. The zero-order valence-electron chi connectivity index (χ0n) is 12.3. The molecular weight excluding hydrogens is 313 g/mol. The summed E-state index contributed by atoms with van der Waals surface area (Å²) in [5.41, 5.74) is 0.641. The Morgan fingerprint density at radius 2 is 1.77 bits per heavy atom. The summed E-state index contributed by atoms with van der Waals surface area (Å²) in [7, 11) is 1.95. The van der Waals surface area contributed by atoms with Crippen molar-refractivity contribution in [3.63, 3.8) is 0 Å². The minimum atomic E-state index is -4.68. The molecule has 0 unspecified atom stereocenters. The van der Waals surface area contributed by atoms with Gasteiger partial charge in [-0.25, -0.2) is 0 Å². The van der Waals surface area contributed by atoms with Crippen molar-refractivity contribution in [2.75, 3.05) is 12.4 Å². The maximum Gasteiger partial charge on any atom is 0.573 e. The van der Waals surface area contributed by atoms with Gasteiger partial charge in [0.05, 0.1) is 0 Å². The number of halogens is 3. The zero-order valence-corrected chi connectivity index (χ0v) is 13.1. The van der Waals surface area contributed by atoms with Crippen LogP contribution in [0.15, 0.2) is 24.3 Å². The third-order valence-corrected chi connectivity index (χ3v) is 4.17. The second-order valence-corrected chi connectivity index (χ2v) is 5.79. The van der Waals surface area contributed by atoms with E-state index in [1.165, 1.54) is 43.5 Å². The first-order valence-electron chi connectivity index (χ1n) is 7.25. The molecule has 1 N–H and O–H groups in total. The number of ether oxygens (including phenoxy) is 1. The lowest BCUT2D eigenvalue weighted by Crippen LogP contribution is -2.40. The number of hydrogen-bond donors (Lipinski definition) is 1. The molecule has 1 aliphatic rings. The highest BCUT2D eigenvalue weighted by Crippen LogP contribution is 2.25. The van der Waals surface area contributed by atoms with Crippen molar-refractivity contribution in [2.45, 2.75) is 44.5 Å². The van der Waals surface area contributed by atoms with E-state index in [1.54, 1.807) is 0 Å². The number of alkyl halides is 3. The van der Waals surface area contributed by atoms with Crippen molar-refractivity contribution in [3.8, 4) is 5.75 Å². The lowest BCUT2D eigenvalue weighted by atomic mass is 9.95. The fourth-order valence-corrected chi connectivity index (χ4v) is 2.85. The first kappa shape index (κ1) is 16.9. The van der Waals surface area contributed by atoms with Gasteiger partial charge in [0.1, 0.15) is 5.75 Å². The lowest BCUT2D eigenvalue weighted by Gasteiger charge is -2.33. The van der Waals surface area contributed by atoms with Crippen molar-refractivity contribution >= 4 is 23.0 Å². The van der Waals surface area contributed by atoms with Gasteiger partial charge in [-0.1, -0.05) is 19.3 Å². The van der Waals surface area contributed by atoms with E-state index in [1.807, 2.05) is 11.9 Å². The third kappa shape index (κ3) is 5.05. The van der Waals surface area contributed by atoms with Gasteiger partial charge in [-0.05, 0) is 49.3 Å². The van der Waals surface area contributed by atoms with Crippen molar-refractivity contribution in [1.82, 2.24) is 4.90 Å². The van der Waals surface area contributed by atoms with E-state index in [0.29, 0.717) is 16.8 Å². The molecule has 0 heterocycles. The van der Waals surface area contributed by atoms with Gasteiger partial charge in [0.2, 0.25) is 0 Å². The number of rotatable bonds is 3. The molecule has 0 saturated heterocycles. The van der Waals surface area contributed by atoms with Gasteiger partial charge in [-0.15, -0.1) is 13.2 Å². The second kappa shape index (κ2) is 7.17. The van der Waals surface area contributed by atoms with E-state index in [0.717, 1.165) is 12.8 Å². The van der Waals surface area contributed by atoms with Crippen LogP contribution in [0.25, 0.3) is 0 Å². The Morgan fingerprint density at radius 3 is 2.32 bits per heavy atom. The predicted octanol–water partition coefficient (Wildman–Crippen LogP) is 4.55. The molecule has 1 aromatic carbocycles. The van der Waals surface area contributed by atoms with Crippen LogP contribution in [0, 0.1) is 0 Å². The quantitative estimate of drug-likeness (QED) is 0.821. The average molecular weight is 332 g/mol. The molecule has 1 aliphatic carbocycles. The molecule has 3 nitrogen and oxygen atoms in total. The van der Waals surface area contributed by atoms with Gasteiger partial charge in [-0.2, -0.15) is 0 Å². The maximum atomic E-state index is 12.1. The molecule has 0 bridgehead atoms. The highest BCUT2D eigenvalue weighted by Gasteiger charge is 2.31. The van der Waals surface area contributed by atoms with Crippen molar-refractivity contribution < 1.29 is 17.9 Å². The smallest absolute Gasteiger partial charge is 0.406 e. The Labute approximate surface area is 133 Å². The van der Waals surface area contributed by atoms with Crippen LogP contribution < -0.4 is 10.1 Å². The van der Waals surface area contributed by atoms with E-state index < -0.39 is 6.36 Å². The lowest BCUT2D eigenvalue weighted by molar-refractivity contribution is -0.274. The van der Waals surface area contributed by atoms with Gasteiger partial charge in [0.15, 0.2) is 5.11 Å². The number of nitrogens with zero attached hydrogens (tertiary/aromatic N) is 1.